The molecule has 1 N–H and O–H groups in total. The number of allylic oxidation sites excluding steroid dienone is 2. The second kappa shape index (κ2) is 7.25. The predicted molar refractivity (Wildman–Crippen MR) is 116 cm³/mol. The first kappa shape index (κ1) is 17.7. The van der Waals surface area contributed by atoms with E-state index in [0.29, 0.717) is 17.4 Å². The quantitative estimate of drug-likeness (QED) is 0.449. The topological polar surface area (TPSA) is 38.3 Å². The van der Waals surface area contributed by atoms with E-state index in [1.165, 1.54) is 35.1 Å². The zero-order chi connectivity index (χ0) is 19.8. The lowest BCUT2D eigenvalue weighted by Crippen LogP contribution is -2.29. The molecule has 0 amide bonds. The maximum Gasteiger partial charge on any atom is 0.337 e. The molecule has 1 aliphatic heterocycles. The summed E-state index contributed by atoms with van der Waals surface area (Å²) in [6.45, 7) is 0. The van der Waals surface area contributed by atoms with E-state index in [1.807, 2.05) is 24.3 Å². The van der Waals surface area contributed by atoms with Crippen molar-refractivity contribution in [2.45, 2.75) is 18.4 Å². The summed E-state index contributed by atoms with van der Waals surface area (Å²) in [7, 11) is 1.41. The smallest absolute Gasteiger partial charge is 0.337 e. The van der Waals surface area contributed by atoms with Crippen molar-refractivity contribution in [3.05, 3.63) is 102 Å². The van der Waals surface area contributed by atoms with Gasteiger partial charge in [0.1, 0.15) is 0 Å². The van der Waals surface area contributed by atoms with E-state index in [0.717, 1.165) is 6.42 Å². The molecule has 1 heterocycles. The van der Waals surface area contributed by atoms with Crippen LogP contribution in [0.5, 0.6) is 0 Å². The number of anilines is 1. The van der Waals surface area contributed by atoms with Crippen molar-refractivity contribution in [2.24, 2.45) is 5.92 Å². The van der Waals surface area contributed by atoms with Crippen LogP contribution in [0, 0.1) is 5.92 Å². The number of benzene rings is 3. The van der Waals surface area contributed by atoms with Crippen LogP contribution in [0.25, 0.3) is 11.1 Å². The van der Waals surface area contributed by atoms with Crippen LogP contribution < -0.4 is 5.32 Å². The first-order valence-electron chi connectivity index (χ1n) is 10.1. The number of ether oxygens (including phenoxy) is 1. The molecule has 3 aromatic carbocycles. The predicted octanol–water partition coefficient (Wildman–Crippen LogP) is 5.97. The first-order valence-corrected chi connectivity index (χ1v) is 10.1. The van der Waals surface area contributed by atoms with Gasteiger partial charge in [-0.05, 0) is 58.9 Å². The number of esters is 1. The molecular weight excluding hydrogens is 358 g/mol. The van der Waals surface area contributed by atoms with E-state index >= 15 is 0 Å². The molecule has 0 radical (unpaired) electrons. The highest BCUT2D eigenvalue weighted by molar-refractivity contribution is 5.89. The van der Waals surface area contributed by atoms with Crippen molar-refractivity contribution < 1.29 is 9.53 Å². The van der Waals surface area contributed by atoms with E-state index in [4.69, 9.17) is 4.74 Å². The van der Waals surface area contributed by atoms with Gasteiger partial charge in [-0.2, -0.15) is 0 Å². The van der Waals surface area contributed by atoms with Crippen LogP contribution in [-0.4, -0.2) is 13.1 Å². The van der Waals surface area contributed by atoms with Gasteiger partial charge in [0.2, 0.25) is 0 Å². The number of hydrogen-bond acceptors (Lipinski definition) is 3. The summed E-state index contributed by atoms with van der Waals surface area (Å²) < 4.78 is 4.82. The Kier molecular flexibility index (Phi) is 4.44. The van der Waals surface area contributed by atoms with Gasteiger partial charge in [0.05, 0.1) is 18.7 Å². The van der Waals surface area contributed by atoms with E-state index in [2.05, 4.69) is 66.0 Å². The summed E-state index contributed by atoms with van der Waals surface area (Å²) in [4.78, 5) is 11.7. The lowest BCUT2D eigenvalue weighted by atomic mass is 9.76. The molecule has 3 nitrogen and oxygen atoms in total. The molecule has 0 saturated carbocycles. The Balaban J connectivity index is 1.50. The molecule has 1 aliphatic carbocycles. The summed E-state index contributed by atoms with van der Waals surface area (Å²) in [6, 6.07) is 25.3. The lowest BCUT2D eigenvalue weighted by Gasteiger charge is -2.38. The number of carbonyl (C=O) groups excluding carboxylic acids is 1. The fourth-order valence-electron chi connectivity index (χ4n) is 4.68. The molecule has 0 fully saturated rings. The highest BCUT2D eigenvalue weighted by Crippen LogP contribution is 2.50. The molecule has 3 aromatic rings. The first-order chi connectivity index (χ1) is 14.2. The second-order valence-corrected chi connectivity index (χ2v) is 7.76. The molecule has 0 aromatic heterocycles. The van der Waals surface area contributed by atoms with Crippen molar-refractivity contribution in [1.82, 2.24) is 0 Å². The number of rotatable bonds is 3. The molecule has 2 aliphatic rings. The summed E-state index contributed by atoms with van der Waals surface area (Å²) in [5.74, 6) is 0.574. The van der Waals surface area contributed by atoms with Crippen LogP contribution in [0.1, 0.15) is 39.9 Å². The summed E-state index contributed by atoms with van der Waals surface area (Å²) >= 11 is 0. The van der Waals surface area contributed by atoms with Gasteiger partial charge >= 0.3 is 5.97 Å². The summed E-state index contributed by atoms with van der Waals surface area (Å²) in [5, 5.41) is 3.77. The maximum atomic E-state index is 11.7. The van der Waals surface area contributed by atoms with Gasteiger partial charge in [-0.15, -0.1) is 0 Å². The molecule has 29 heavy (non-hydrogen) atoms. The molecule has 0 saturated heterocycles. The Morgan fingerprint density at radius 3 is 2.52 bits per heavy atom. The standard InChI is InChI=1S/C26H23NO2/c1-29-26(28)19-12-10-18(11-13-19)25-22-9-5-8-21(22)23-16-20(14-15-24(23)27-25)17-6-3-2-4-7-17/h2-8,10-16,21-22,25,27H,9H2,1H3/t21-,22+,25+/m1/s1. The third-order valence-electron chi connectivity index (χ3n) is 6.16. The highest BCUT2D eigenvalue weighted by Gasteiger charge is 2.38. The fourth-order valence-corrected chi connectivity index (χ4v) is 4.68. The van der Waals surface area contributed by atoms with E-state index in [1.54, 1.807) is 0 Å². The van der Waals surface area contributed by atoms with Crippen molar-refractivity contribution >= 4 is 11.7 Å². The van der Waals surface area contributed by atoms with Crippen LogP contribution in [0.15, 0.2) is 84.9 Å². The number of fused-ring (bicyclic) bond motifs is 3. The second-order valence-electron chi connectivity index (χ2n) is 7.76. The molecule has 0 bridgehead atoms. The highest BCUT2D eigenvalue weighted by atomic mass is 16.5. The molecule has 3 heteroatoms. The Hall–Kier alpha value is -3.33. The molecular formula is C26H23NO2. The van der Waals surface area contributed by atoms with Crippen LogP contribution in [0.4, 0.5) is 5.69 Å². The maximum absolute atomic E-state index is 11.7. The zero-order valence-corrected chi connectivity index (χ0v) is 16.3. The number of hydrogen-bond donors (Lipinski definition) is 1. The van der Waals surface area contributed by atoms with Crippen molar-refractivity contribution in [1.29, 1.82) is 0 Å². The van der Waals surface area contributed by atoms with Crippen molar-refractivity contribution in [2.75, 3.05) is 12.4 Å². The molecule has 0 unspecified atom stereocenters. The third-order valence-corrected chi connectivity index (χ3v) is 6.16. The van der Waals surface area contributed by atoms with Gasteiger partial charge < -0.3 is 10.1 Å². The minimum atomic E-state index is -0.299. The van der Waals surface area contributed by atoms with Crippen molar-refractivity contribution in [3.8, 4) is 11.1 Å². The summed E-state index contributed by atoms with van der Waals surface area (Å²) in [5.41, 5.74) is 6.85. The Morgan fingerprint density at radius 1 is 0.966 bits per heavy atom. The van der Waals surface area contributed by atoms with Gasteiger partial charge in [0, 0.05) is 11.6 Å². The molecule has 144 valence electrons. The number of nitrogens with one attached hydrogen (secondary N) is 1. The van der Waals surface area contributed by atoms with Gasteiger partial charge in [0.25, 0.3) is 0 Å². The van der Waals surface area contributed by atoms with E-state index < -0.39 is 0 Å². The average molecular weight is 381 g/mol. The fraction of sp³-hybridized carbons (Fsp3) is 0.192. The lowest BCUT2D eigenvalue weighted by molar-refractivity contribution is 0.0600. The molecule has 3 atom stereocenters. The van der Waals surface area contributed by atoms with Gasteiger partial charge in [-0.1, -0.05) is 60.7 Å². The molecule has 5 rings (SSSR count). The van der Waals surface area contributed by atoms with Crippen molar-refractivity contribution in [3.63, 3.8) is 0 Å². The van der Waals surface area contributed by atoms with Crippen LogP contribution in [0.2, 0.25) is 0 Å². The van der Waals surface area contributed by atoms with E-state index in [-0.39, 0.29) is 12.0 Å². The third kappa shape index (κ3) is 3.13. The normalized spacial score (nSPS) is 21.8. The SMILES string of the molecule is COC(=O)c1ccc([C@@H]2Nc3ccc(-c4ccccc4)cc3[C@@H]3C=CC[C@@H]32)cc1. The van der Waals surface area contributed by atoms with Crippen LogP contribution >= 0.6 is 0 Å². The Morgan fingerprint density at radius 2 is 1.76 bits per heavy atom. The van der Waals surface area contributed by atoms with Gasteiger partial charge in [0.15, 0.2) is 0 Å². The number of methoxy groups -OCH3 is 1. The van der Waals surface area contributed by atoms with Crippen LogP contribution in [0.3, 0.4) is 0 Å². The zero-order valence-electron chi connectivity index (χ0n) is 16.3. The van der Waals surface area contributed by atoms with E-state index in [9.17, 15) is 4.79 Å². The van der Waals surface area contributed by atoms with Gasteiger partial charge in [-0.25, -0.2) is 4.79 Å². The average Bonchev–Trinajstić information content (AvgIpc) is 3.29. The summed E-state index contributed by atoms with van der Waals surface area (Å²) in [6.07, 6.45) is 5.71. The minimum Gasteiger partial charge on any atom is -0.465 e. The largest absolute Gasteiger partial charge is 0.465 e. The Labute approximate surface area is 171 Å². The van der Waals surface area contributed by atoms with Crippen LogP contribution in [-0.2, 0) is 4.74 Å². The molecule has 0 spiro atoms. The monoisotopic (exact) mass is 381 g/mol. The minimum absolute atomic E-state index is 0.219. The van der Waals surface area contributed by atoms with Gasteiger partial charge in [-0.3, -0.25) is 0 Å². The Bertz CT molecular complexity index is 1070. The number of carbonyl (C=O) groups is 1.